The molecule has 0 aromatic heterocycles. The van der Waals surface area contributed by atoms with E-state index in [2.05, 4.69) is 17.1 Å². The van der Waals surface area contributed by atoms with Gasteiger partial charge in [0.1, 0.15) is 0 Å². The minimum atomic E-state index is -0.0921. The van der Waals surface area contributed by atoms with Crippen molar-refractivity contribution >= 4 is 5.97 Å². The molecule has 2 rings (SSSR count). The minimum absolute atomic E-state index is 0.0423. The van der Waals surface area contributed by atoms with Gasteiger partial charge in [-0.05, 0) is 38.8 Å². The molecule has 2 aliphatic rings. The number of esters is 1. The molecule has 4 atom stereocenters. The van der Waals surface area contributed by atoms with Crippen molar-refractivity contribution in [2.24, 2.45) is 11.8 Å². The average Bonchev–Trinajstić information content (AvgIpc) is 2.83. The molecule has 0 saturated carbocycles. The van der Waals surface area contributed by atoms with Crippen molar-refractivity contribution in [3.63, 3.8) is 0 Å². The van der Waals surface area contributed by atoms with E-state index in [1.165, 1.54) is 20.0 Å². The topological polar surface area (TPSA) is 41.6 Å². The summed E-state index contributed by atoms with van der Waals surface area (Å²) >= 11 is 0. The van der Waals surface area contributed by atoms with Gasteiger partial charge in [-0.1, -0.05) is 6.92 Å². The number of rotatable bonds is 3. The standard InChI is InChI=1S/C13H24N2O2/c1-9(13(16)17-3)10(2)15-6-4-5-11-7-14-8-12(11)15/h9-12,14H,4-8H2,1-3H3. The van der Waals surface area contributed by atoms with Crippen LogP contribution in [0.15, 0.2) is 0 Å². The Morgan fingerprint density at radius 3 is 2.88 bits per heavy atom. The molecule has 0 radical (unpaired) electrons. The maximum absolute atomic E-state index is 11.6. The van der Waals surface area contributed by atoms with Crippen LogP contribution < -0.4 is 5.32 Å². The highest BCUT2D eigenvalue weighted by Gasteiger charge is 2.39. The van der Waals surface area contributed by atoms with Gasteiger partial charge in [0.05, 0.1) is 13.0 Å². The zero-order chi connectivity index (χ0) is 12.4. The largest absolute Gasteiger partial charge is 0.469 e. The highest BCUT2D eigenvalue weighted by Crippen LogP contribution is 2.29. The second-order valence-electron chi connectivity index (χ2n) is 5.42. The van der Waals surface area contributed by atoms with Crippen molar-refractivity contribution in [2.75, 3.05) is 26.7 Å². The highest BCUT2D eigenvalue weighted by molar-refractivity contribution is 5.72. The molecule has 98 valence electrons. The van der Waals surface area contributed by atoms with E-state index in [4.69, 9.17) is 4.74 Å². The maximum Gasteiger partial charge on any atom is 0.309 e. The number of fused-ring (bicyclic) bond motifs is 1. The molecule has 0 bridgehead atoms. The lowest BCUT2D eigenvalue weighted by Crippen LogP contribution is -2.52. The Kier molecular flexibility index (Phi) is 4.05. The molecule has 4 unspecified atom stereocenters. The summed E-state index contributed by atoms with van der Waals surface area (Å²) in [6, 6.07) is 0.890. The summed E-state index contributed by atoms with van der Waals surface area (Å²) in [7, 11) is 1.47. The fourth-order valence-corrected chi connectivity index (χ4v) is 3.28. The number of methoxy groups -OCH3 is 1. The van der Waals surface area contributed by atoms with Crippen LogP contribution in [0.4, 0.5) is 0 Å². The number of carbonyl (C=O) groups excluding carboxylic acids is 1. The smallest absolute Gasteiger partial charge is 0.309 e. The quantitative estimate of drug-likeness (QED) is 0.743. The van der Waals surface area contributed by atoms with Crippen LogP contribution in [0.25, 0.3) is 0 Å². The van der Waals surface area contributed by atoms with Crippen molar-refractivity contribution in [3.05, 3.63) is 0 Å². The van der Waals surface area contributed by atoms with E-state index in [1.807, 2.05) is 6.92 Å². The molecule has 0 spiro atoms. The van der Waals surface area contributed by atoms with E-state index in [1.54, 1.807) is 0 Å². The Morgan fingerprint density at radius 2 is 2.18 bits per heavy atom. The van der Waals surface area contributed by atoms with E-state index in [9.17, 15) is 4.79 Å². The summed E-state index contributed by atoms with van der Waals surface area (Å²) in [5.41, 5.74) is 0. The molecule has 2 heterocycles. The van der Waals surface area contributed by atoms with Crippen LogP contribution in [0.5, 0.6) is 0 Å². The van der Waals surface area contributed by atoms with Crippen LogP contribution in [0.3, 0.4) is 0 Å². The van der Waals surface area contributed by atoms with E-state index in [0.29, 0.717) is 6.04 Å². The lowest BCUT2D eigenvalue weighted by atomic mass is 9.88. The fourth-order valence-electron chi connectivity index (χ4n) is 3.28. The summed E-state index contributed by atoms with van der Waals surface area (Å²) < 4.78 is 4.85. The maximum atomic E-state index is 11.6. The molecule has 2 saturated heterocycles. The normalized spacial score (nSPS) is 32.9. The van der Waals surface area contributed by atoms with Crippen molar-refractivity contribution in [3.8, 4) is 0 Å². The lowest BCUT2D eigenvalue weighted by molar-refractivity contribution is -0.147. The van der Waals surface area contributed by atoms with E-state index in [0.717, 1.165) is 25.6 Å². The summed E-state index contributed by atoms with van der Waals surface area (Å²) in [6.45, 7) is 7.46. The Morgan fingerprint density at radius 1 is 1.41 bits per heavy atom. The van der Waals surface area contributed by atoms with E-state index in [-0.39, 0.29) is 17.9 Å². The van der Waals surface area contributed by atoms with Crippen LogP contribution in [0.1, 0.15) is 26.7 Å². The van der Waals surface area contributed by atoms with Crippen LogP contribution in [0.2, 0.25) is 0 Å². The molecule has 4 heteroatoms. The van der Waals surface area contributed by atoms with Gasteiger partial charge in [0.2, 0.25) is 0 Å². The van der Waals surface area contributed by atoms with Crippen molar-refractivity contribution in [2.45, 2.75) is 38.8 Å². The van der Waals surface area contributed by atoms with E-state index < -0.39 is 0 Å². The van der Waals surface area contributed by atoms with Gasteiger partial charge in [0.15, 0.2) is 0 Å². The van der Waals surface area contributed by atoms with Crippen LogP contribution in [0, 0.1) is 11.8 Å². The third-order valence-corrected chi connectivity index (χ3v) is 4.54. The number of hydrogen-bond acceptors (Lipinski definition) is 4. The zero-order valence-electron chi connectivity index (χ0n) is 11.1. The number of likely N-dealkylation sites (tertiary alicyclic amines) is 1. The number of carbonyl (C=O) groups is 1. The third kappa shape index (κ3) is 2.47. The van der Waals surface area contributed by atoms with Crippen LogP contribution >= 0.6 is 0 Å². The third-order valence-electron chi connectivity index (χ3n) is 4.54. The number of piperidine rings is 1. The summed E-state index contributed by atoms with van der Waals surface area (Å²) in [5.74, 6) is 0.640. The molecule has 2 aliphatic heterocycles. The first-order valence-electron chi connectivity index (χ1n) is 6.69. The average molecular weight is 240 g/mol. The first kappa shape index (κ1) is 12.8. The number of hydrogen-bond donors (Lipinski definition) is 1. The van der Waals surface area contributed by atoms with Gasteiger partial charge in [-0.15, -0.1) is 0 Å². The van der Waals surface area contributed by atoms with Crippen molar-refractivity contribution < 1.29 is 9.53 Å². The SMILES string of the molecule is COC(=O)C(C)C(C)N1CCCC2CNCC21. The number of ether oxygens (including phenoxy) is 1. The van der Waals surface area contributed by atoms with Gasteiger partial charge in [-0.2, -0.15) is 0 Å². The number of nitrogens with one attached hydrogen (secondary N) is 1. The van der Waals surface area contributed by atoms with Crippen LogP contribution in [-0.4, -0.2) is 49.7 Å². The second-order valence-corrected chi connectivity index (χ2v) is 5.42. The Balaban J connectivity index is 2.02. The van der Waals surface area contributed by atoms with Gasteiger partial charge in [-0.25, -0.2) is 0 Å². The molecule has 0 amide bonds. The van der Waals surface area contributed by atoms with Gasteiger partial charge < -0.3 is 10.1 Å². The zero-order valence-corrected chi connectivity index (χ0v) is 11.1. The fraction of sp³-hybridized carbons (Fsp3) is 0.923. The predicted molar refractivity (Wildman–Crippen MR) is 66.7 cm³/mol. The van der Waals surface area contributed by atoms with Gasteiger partial charge in [0, 0.05) is 18.6 Å². The van der Waals surface area contributed by atoms with Crippen molar-refractivity contribution in [1.82, 2.24) is 10.2 Å². The van der Waals surface area contributed by atoms with E-state index >= 15 is 0 Å². The lowest BCUT2D eigenvalue weighted by Gasteiger charge is -2.42. The first-order chi connectivity index (χ1) is 8.15. The second kappa shape index (κ2) is 5.36. The molecule has 0 aromatic carbocycles. The molecule has 4 nitrogen and oxygen atoms in total. The molecule has 0 aliphatic carbocycles. The first-order valence-corrected chi connectivity index (χ1v) is 6.69. The Hall–Kier alpha value is -0.610. The Labute approximate surface area is 104 Å². The molecule has 1 N–H and O–H groups in total. The Bertz CT molecular complexity index is 283. The molecule has 17 heavy (non-hydrogen) atoms. The predicted octanol–water partition coefficient (Wildman–Crippen LogP) is 0.868. The summed E-state index contributed by atoms with van der Waals surface area (Å²) in [6.07, 6.45) is 2.58. The highest BCUT2D eigenvalue weighted by atomic mass is 16.5. The molecular formula is C13H24N2O2. The minimum Gasteiger partial charge on any atom is -0.469 e. The molecule has 0 aromatic rings. The molecule has 2 fully saturated rings. The van der Waals surface area contributed by atoms with Crippen molar-refractivity contribution in [1.29, 1.82) is 0 Å². The summed E-state index contributed by atoms with van der Waals surface area (Å²) in [5, 5.41) is 3.47. The monoisotopic (exact) mass is 240 g/mol. The van der Waals surface area contributed by atoms with Gasteiger partial charge in [0.25, 0.3) is 0 Å². The molecular weight excluding hydrogens is 216 g/mol. The number of nitrogens with zero attached hydrogens (tertiary/aromatic N) is 1. The van der Waals surface area contributed by atoms with Gasteiger partial charge in [-0.3, -0.25) is 9.69 Å². The van der Waals surface area contributed by atoms with Crippen LogP contribution in [-0.2, 0) is 9.53 Å². The van der Waals surface area contributed by atoms with Gasteiger partial charge >= 0.3 is 5.97 Å². The summed E-state index contributed by atoms with van der Waals surface area (Å²) in [4.78, 5) is 14.1.